The first-order valence-electron chi connectivity index (χ1n) is 10.3. The van der Waals surface area contributed by atoms with Crippen LogP contribution < -0.4 is 4.74 Å². The normalized spacial score (nSPS) is 20.1. The van der Waals surface area contributed by atoms with Crippen LogP contribution in [0.25, 0.3) is 11.3 Å². The largest absolute Gasteiger partial charge is 0.497 e. The molecule has 2 aromatic rings. The van der Waals surface area contributed by atoms with Crippen LogP contribution in [0, 0.1) is 11.8 Å². The van der Waals surface area contributed by atoms with Crippen molar-refractivity contribution in [2.75, 3.05) is 7.11 Å². The standard InChI is InChI=1S/C23H32N2O/c1-3-4-5-18-6-8-19(9-7-18)10-13-21-14-17-23(25-24-21)20-11-15-22(26-2)16-12-20/h11-12,14-19H,3-10,13H2,1-2H3. The number of benzene rings is 1. The fourth-order valence-electron chi connectivity index (χ4n) is 4.06. The maximum Gasteiger partial charge on any atom is 0.118 e. The fraction of sp³-hybridized carbons (Fsp3) is 0.565. The lowest BCUT2D eigenvalue weighted by molar-refractivity contribution is 0.249. The van der Waals surface area contributed by atoms with Crippen molar-refractivity contribution in [1.82, 2.24) is 10.2 Å². The summed E-state index contributed by atoms with van der Waals surface area (Å²) in [6, 6.07) is 12.2. The first kappa shape index (κ1) is 18.9. The number of ether oxygens (including phenoxy) is 1. The third kappa shape index (κ3) is 5.30. The highest BCUT2D eigenvalue weighted by atomic mass is 16.5. The molecule has 1 aromatic carbocycles. The molecule has 0 radical (unpaired) electrons. The van der Waals surface area contributed by atoms with Gasteiger partial charge in [0.25, 0.3) is 0 Å². The van der Waals surface area contributed by atoms with E-state index in [1.807, 2.05) is 24.3 Å². The summed E-state index contributed by atoms with van der Waals surface area (Å²) < 4.78 is 5.20. The highest BCUT2D eigenvalue weighted by molar-refractivity contribution is 5.59. The molecule has 0 N–H and O–H groups in total. The Morgan fingerprint density at radius 1 is 0.885 bits per heavy atom. The number of aromatic nitrogens is 2. The lowest BCUT2D eigenvalue weighted by Crippen LogP contribution is -2.15. The van der Waals surface area contributed by atoms with Crippen LogP contribution in [0.1, 0.15) is 64.0 Å². The molecular formula is C23H32N2O. The second-order valence-corrected chi connectivity index (χ2v) is 7.71. The zero-order chi connectivity index (χ0) is 18.2. The van der Waals surface area contributed by atoms with Crippen molar-refractivity contribution in [1.29, 1.82) is 0 Å². The van der Waals surface area contributed by atoms with E-state index in [2.05, 4.69) is 29.3 Å². The van der Waals surface area contributed by atoms with Crippen molar-refractivity contribution in [3.63, 3.8) is 0 Å². The van der Waals surface area contributed by atoms with Gasteiger partial charge in [-0.3, -0.25) is 0 Å². The topological polar surface area (TPSA) is 35.0 Å². The van der Waals surface area contributed by atoms with Gasteiger partial charge in [0.1, 0.15) is 5.75 Å². The Bertz CT molecular complexity index is 643. The molecule has 26 heavy (non-hydrogen) atoms. The number of aryl methyl sites for hydroxylation is 1. The van der Waals surface area contributed by atoms with E-state index in [9.17, 15) is 0 Å². The van der Waals surface area contributed by atoms with E-state index in [0.717, 1.165) is 41.0 Å². The van der Waals surface area contributed by atoms with Crippen LogP contribution in [0.3, 0.4) is 0 Å². The van der Waals surface area contributed by atoms with E-state index in [1.54, 1.807) is 7.11 Å². The van der Waals surface area contributed by atoms with Crippen LogP contribution in [0.4, 0.5) is 0 Å². The highest BCUT2D eigenvalue weighted by Gasteiger charge is 2.20. The molecule has 3 heteroatoms. The number of hydrogen-bond donors (Lipinski definition) is 0. The summed E-state index contributed by atoms with van der Waals surface area (Å²) in [6.07, 6.45) is 12.2. The Morgan fingerprint density at radius 2 is 1.58 bits per heavy atom. The Labute approximate surface area is 158 Å². The SMILES string of the molecule is CCCCC1CCC(CCc2ccc(-c3ccc(OC)cc3)nn2)CC1. The van der Waals surface area contributed by atoms with Crippen molar-refractivity contribution in [3.05, 3.63) is 42.1 Å². The van der Waals surface area contributed by atoms with Gasteiger partial charge >= 0.3 is 0 Å². The van der Waals surface area contributed by atoms with Crippen molar-refractivity contribution in [3.8, 4) is 17.0 Å². The summed E-state index contributed by atoms with van der Waals surface area (Å²) in [4.78, 5) is 0. The molecule has 0 saturated heterocycles. The summed E-state index contributed by atoms with van der Waals surface area (Å²) >= 11 is 0. The summed E-state index contributed by atoms with van der Waals surface area (Å²) in [5.74, 6) is 2.74. The van der Waals surface area contributed by atoms with Crippen LogP contribution in [-0.2, 0) is 6.42 Å². The fourth-order valence-corrected chi connectivity index (χ4v) is 4.06. The van der Waals surface area contributed by atoms with E-state index in [4.69, 9.17) is 4.74 Å². The number of unbranched alkanes of at least 4 members (excludes halogenated alkanes) is 1. The quantitative estimate of drug-likeness (QED) is 0.577. The van der Waals surface area contributed by atoms with E-state index >= 15 is 0 Å². The maximum absolute atomic E-state index is 5.20. The maximum atomic E-state index is 5.20. The lowest BCUT2D eigenvalue weighted by atomic mass is 9.78. The predicted octanol–water partition coefficient (Wildman–Crippen LogP) is 6.08. The third-order valence-electron chi connectivity index (χ3n) is 5.85. The van der Waals surface area contributed by atoms with Gasteiger partial charge < -0.3 is 4.74 Å². The minimum atomic E-state index is 0.864. The smallest absolute Gasteiger partial charge is 0.118 e. The summed E-state index contributed by atoms with van der Waals surface area (Å²) in [6.45, 7) is 2.30. The molecule has 1 aliphatic carbocycles. The summed E-state index contributed by atoms with van der Waals surface area (Å²) in [7, 11) is 1.68. The zero-order valence-electron chi connectivity index (χ0n) is 16.3. The van der Waals surface area contributed by atoms with Gasteiger partial charge in [0.05, 0.1) is 18.5 Å². The van der Waals surface area contributed by atoms with Crippen LogP contribution in [-0.4, -0.2) is 17.3 Å². The minimum Gasteiger partial charge on any atom is -0.497 e. The Morgan fingerprint density at radius 3 is 2.15 bits per heavy atom. The molecule has 0 atom stereocenters. The molecule has 3 nitrogen and oxygen atoms in total. The molecule has 1 fully saturated rings. The molecule has 1 aliphatic rings. The van der Waals surface area contributed by atoms with Crippen molar-refractivity contribution >= 4 is 0 Å². The van der Waals surface area contributed by atoms with Crippen molar-refractivity contribution in [2.24, 2.45) is 11.8 Å². The van der Waals surface area contributed by atoms with Crippen LogP contribution >= 0.6 is 0 Å². The van der Waals surface area contributed by atoms with E-state index < -0.39 is 0 Å². The molecule has 0 bridgehead atoms. The average molecular weight is 353 g/mol. The highest BCUT2D eigenvalue weighted by Crippen LogP contribution is 2.34. The number of hydrogen-bond acceptors (Lipinski definition) is 3. The van der Waals surface area contributed by atoms with E-state index in [-0.39, 0.29) is 0 Å². The number of nitrogens with zero attached hydrogens (tertiary/aromatic N) is 2. The number of methoxy groups -OCH3 is 1. The van der Waals surface area contributed by atoms with Gasteiger partial charge in [0.15, 0.2) is 0 Å². The minimum absolute atomic E-state index is 0.864. The zero-order valence-corrected chi connectivity index (χ0v) is 16.3. The van der Waals surface area contributed by atoms with Crippen LogP contribution in [0.5, 0.6) is 5.75 Å². The molecule has 0 spiro atoms. The average Bonchev–Trinajstić information content (AvgIpc) is 2.72. The Balaban J connectivity index is 1.46. The van der Waals surface area contributed by atoms with Gasteiger partial charge in [-0.2, -0.15) is 10.2 Å². The van der Waals surface area contributed by atoms with Gasteiger partial charge in [0.2, 0.25) is 0 Å². The van der Waals surface area contributed by atoms with Crippen LogP contribution in [0.2, 0.25) is 0 Å². The summed E-state index contributed by atoms with van der Waals surface area (Å²) in [5.41, 5.74) is 3.12. The molecule has 3 rings (SSSR count). The molecule has 0 aliphatic heterocycles. The first-order valence-corrected chi connectivity index (χ1v) is 10.3. The second-order valence-electron chi connectivity index (χ2n) is 7.71. The molecule has 1 saturated carbocycles. The molecule has 0 unspecified atom stereocenters. The summed E-state index contributed by atoms with van der Waals surface area (Å²) in [5, 5.41) is 8.88. The van der Waals surface area contributed by atoms with Gasteiger partial charge in [0, 0.05) is 5.56 Å². The van der Waals surface area contributed by atoms with Gasteiger partial charge in [-0.05, 0) is 61.1 Å². The Kier molecular flexibility index (Phi) is 7.04. The molecular weight excluding hydrogens is 320 g/mol. The molecule has 1 heterocycles. The van der Waals surface area contributed by atoms with Crippen molar-refractivity contribution < 1.29 is 4.74 Å². The van der Waals surface area contributed by atoms with Crippen molar-refractivity contribution in [2.45, 2.75) is 64.7 Å². The lowest BCUT2D eigenvalue weighted by Gasteiger charge is -2.28. The predicted molar refractivity (Wildman–Crippen MR) is 107 cm³/mol. The second kappa shape index (κ2) is 9.70. The molecule has 1 aromatic heterocycles. The first-order chi connectivity index (χ1) is 12.8. The van der Waals surface area contributed by atoms with E-state index in [0.29, 0.717) is 0 Å². The molecule has 0 amide bonds. The van der Waals surface area contributed by atoms with Gasteiger partial charge in [-0.1, -0.05) is 51.9 Å². The Hall–Kier alpha value is -1.90. The van der Waals surface area contributed by atoms with Gasteiger partial charge in [-0.15, -0.1) is 0 Å². The third-order valence-corrected chi connectivity index (χ3v) is 5.85. The monoisotopic (exact) mass is 352 g/mol. The van der Waals surface area contributed by atoms with E-state index in [1.165, 1.54) is 51.4 Å². The molecule has 140 valence electrons. The van der Waals surface area contributed by atoms with Crippen LogP contribution in [0.15, 0.2) is 36.4 Å². The number of rotatable bonds is 8. The van der Waals surface area contributed by atoms with Gasteiger partial charge in [-0.25, -0.2) is 0 Å².